The number of aliphatic hydroxyl groups is 1. The predicted molar refractivity (Wildman–Crippen MR) is 80.6 cm³/mol. The predicted octanol–water partition coefficient (Wildman–Crippen LogP) is 4.18. The molecule has 1 atom stereocenters. The molecule has 2 aromatic rings. The van der Waals surface area contributed by atoms with Crippen molar-refractivity contribution in [3.8, 4) is 0 Å². The first kappa shape index (κ1) is 15.0. The van der Waals surface area contributed by atoms with Crippen LogP contribution in [0.5, 0.6) is 0 Å². The van der Waals surface area contributed by atoms with Crippen molar-refractivity contribution in [1.82, 2.24) is 0 Å². The molecule has 0 radical (unpaired) electrons. The van der Waals surface area contributed by atoms with Crippen molar-refractivity contribution in [2.24, 2.45) is 5.92 Å². The molecule has 0 heterocycles. The molecule has 106 valence electrons. The van der Waals surface area contributed by atoms with Crippen molar-refractivity contribution in [1.29, 1.82) is 0 Å². The second-order valence-corrected chi connectivity index (χ2v) is 5.56. The molecule has 0 aliphatic rings. The highest BCUT2D eigenvalue weighted by Crippen LogP contribution is 2.21. The van der Waals surface area contributed by atoms with Gasteiger partial charge in [-0.2, -0.15) is 0 Å². The van der Waals surface area contributed by atoms with Gasteiger partial charge in [-0.25, -0.2) is 4.39 Å². The van der Waals surface area contributed by atoms with Crippen LogP contribution in [-0.4, -0.2) is 11.7 Å². The maximum atomic E-state index is 13.8. The number of halogens is 2. The minimum Gasteiger partial charge on any atom is -0.396 e. The minimum atomic E-state index is -0.305. The van der Waals surface area contributed by atoms with E-state index in [-0.39, 0.29) is 18.3 Å². The third-order valence-corrected chi connectivity index (χ3v) is 3.79. The Bertz CT molecular complexity index is 583. The first-order valence-electron chi connectivity index (χ1n) is 6.69. The highest BCUT2D eigenvalue weighted by molar-refractivity contribution is 6.30. The van der Waals surface area contributed by atoms with Crippen LogP contribution in [0.2, 0.25) is 5.02 Å². The molecule has 0 fully saturated rings. The van der Waals surface area contributed by atoms with Gasteiger partial charge in [0.05, 0.1) is 0 Å². The zero-order valence-corrected chi connectivity index (χ0v) is 12.2. The number of aryl methyl sites for hydroxylation is 1. The van der Waals surface area contributed by atoms with Crippen molar-refractivity contribution in [2.75, 3.05) is 6.61 Å². The number of benzene rings is 2. The van der Waals surface area contributed by atoms with E-state index in [9.17, 15) is 9.50 Å². The largest absolute Gasteiger partial charge is 0.396 e. The van der Waals surface area contributed by atoms with Crippen LogP contribution in [0, 0.1) is 18.7 Å². The standard InChI is InChI=1S/C17H18ClFO/c1-12-4-2-3-5-14(12)8-13(11-20)9-15-6-7-16(18)10-17(15)19/h2-7,10,13,20H,8-9,11H2,1H3. The van der Waals surface area contributed by atoms with Crippen LogP contribution < -0.4 is 0 Å². The van der Waals surface area contributed by atoms with E-state index in [1.165, 1.54) is 17.2 Å². The molecular weight excluding hydrogens is 275 g/mol. The molecule has 0 bridgehead atoms. The van der Waals surface area contributed by atoms with Gasteiger partial charge in [0.25, 0.3) is 0 Å². The van der Waals surface area contributed by atoms with Crippen molar-refractivity contribution in [3.63, 3.8) is 0 Å². The second kappa shape index (κ2) is 6.87. The van der Waals surface area contributed by atoms with Crippen LogP contribution in [0.4, 0.5) is 4.39 Å². The average molecular weight is 293 g/mol. The van der Waals surface area contributed by atoms with Crippen LogP contribution in [0.25, 0.3) is 0 Å². The Morgan fingerprint density at radius 3 is 2.45 bits per heavy atom. The Kier molecular flexibility index (Phi) is 5.16. The fourth-order valence-electron chi connectivity index (χ4n) is 2.35. The summed E-state index contributed by atoms with van der Waals surface area (Å²) >= 11 is 5.75. The van der Waals surface area contributed by atoms with E-state index in [0.717, 1.165) is 6.42 Å². The van der Waals surface area contributed by atoms with E-state index < -0.39 is 0 Å². The van der Waals surface area contributed by atoms with Crippen molar-refractivity contribution < 1.29 is 9.50 Å². The number of aliphatic hydroxyl groups excluding tert-OH is 1. The number of hydrogen-bond donors (Lipinski definition) is 1. The molecule has 1 N–H and O–H groups in total. The molecule has 2 aromatic carbocycles. The summed E-state index contributed by atoms with van der Waals surface area (Å²) in [4.78, 5) is 0. The molecule has 0 spiro atoms. The zero-order valence-electron chi connectivity index (χ0n) is 11.4. The third-order valence-electron chi connectivity index (χ3n) is 3.55. The first-order valence-corrected chi connectivity index (χ1v) is 7.07. The average Bonchev–Trinajstić information content (AvgIpc) is 2.43. The Hall–Kier alpha value is -1.38. The highest BCUT2D eigenvalue weighted by atomic mass is 35.5. The summed E-state index contributed by atoms with van der Waals surface area (Å²) in [6.07, 6.45) is 1.25. The van der Waals surface area contributed by atoms with Crippen LogP contribution in [0.15, 0.2) is 42.5 Å². The van der Waals surface area contributed by atoms with Crippen molar-refractivity contribution >= 4 is 11.6 Å². The van der Waals surface area contributed by atoms with Crippen molar-refractivity contribution in [3.05, 3.63) is 70.0 Å². The maximum absolute atomic E-state index is 13.8. The molecule has 0 aliphatic carbocycles. The van der Waals surface area contributed by atoms with E-state index in [2.05, 4.69) is 6.07 Å². The van der Waals surface area contributed by atoms with E-state index in [4.69, 9.17) is 11.6 Å². The van der Waals surface area contributed by atoms with Gasteiger partial charge in [-0.15, -0.1) is 0 Å². The second-order valence-electron chi connectivity index (χ2n) is 5.12. The van der Waals surface area contributed by atoms with E-state index in [1.54, 1.807) is 12.1 Å². The van der Waals surface area contributed by atoms with Crippen LogP contribution >= 0.6 is 11.6 Å². The first-order chi connectivity index (χ1) is 9.60. The fraction of sp³-hybridized carbons (Fsp3) is 0.294. The summed E-state index contributed by atoms with van der Waals surface area (Å²) < 4.78 is 13.8. The molecule has 3 heteroatoms. The van der Waals surface area contributed by atoms with Gasteiger partial charge in [0.1, 0.15) is 5.82 Å². The smallest absolute Gasteiger partial charge is 0.127 e. The minimum absolute atomic E-state index is 0.00627. The summed E-state index contributed by atoms with van der Waals surface area (Å²) in [7, 11) is 0. The van der Waals surface area contributed by atoms with Gasteiger partial charge in [0, 0.05) is 11.6 Å². The lowest BCUT2D eigenvalue weighted by Crippen LogP contribution is -2.14. The molecule has 1 nitrogen and oxygen atoms in total. The van der Waals surface area contributed by atoms with Crippen molar-refractivity contribution in [2.45, 2.75) is 19.8 Å². The molecule has 0 amide bonds. The van der Waals surface area contributed by atoms with E-state index in [1.807, 2.05) is 25.1 Å². The maximum Gasteiger partial charge on any atom is 0.127 e. The topological polar surface area (TPSA) is 20.2 Å². The summed E-state index contributed by atoms with van der Waals surface area (Å²) in [6, 6.07) is 12.8. The summed E-state index contributed by atoms with van der Waals surface area (Å²) in [5.41, 5.74) is 2.99. The van der Waals surface area contributed by atoms with Gasteiger partial charge >= 0.3 is 0 Å². The zero-order chi connectivity index (χ0) is 14.5. The Balaban J connectivity index is 2.11. The van der Waals surface area contributed by atoms with Gasteiger partial charge < -0.3 is 5.11 Å². The summed E-state index contributed by atoms with van der Waals surface area (Å²) in [5, 5.41) is 9.93. The highest BCUT2D eigenvalue weighted by Gasteiger charge is 2.13. The monoisotopic (exact) mass is 292 g/mol. The molecule has 0 saturated heterocycles. The van der Waals surface area contributed by atoms with Gasteiger partial charge in [-0.1, -0.05) is 41.9 Å². The third kappa shape index (κ3) is 3.81. The lowest BCUT2D eigenvalue weighted by atomic mass is 9.91. The fourth-order valence-corrected chi connectivity index (χ4v) is 2.51. The van der Waals surface area contributed by atoms with Gasteiger partial charge in [0.2, 0.25) is 0 Å². The number of rotatable bonds is 5. The van der Waals surface area contributed by atoms with E-state index in [0.29, 0.717) is 17.0 Å². The van der Waals surface area contributed by atoms with Gasteiger partial charge in [-0.3, -0.25) is 0 Å². The van der Waals surface area contributed by atoms with E-state index >= 15 is 0 Å². The molecule has 0 aliphatic heterocycles. The molecular formula is C17H18ClFO. The molecule has 0 saturated carbocycles. The normalized spacial score (nSPS) is 12.4. The molecule has 0 aromatic heterocycles. The quantitative estimate of drug-likeness (QED) is 0.876. The molecule has 20 heavy (non-hydrogen) atoms. The van der Waals surface area contributed by atoms with Crippen LogP contribution in [0.1, 0.15) is 16.7 Å². The van der Waals surface area contributed by atoms with Gasteiger partial charge in [0.15, 0.2) is 0 Å². The number of hydrogen-bond acceptors (Lipinski definition) is 1. The van der Waals surface area contributed by atoms with Crippen LogP contribution in [-0.2, 0) is 12.8 Å². The molecule has 2 rings (SSSR count). The Labute approximate surface area is 124 Å². The SMILES string of the molecule is Cc1ccccc1CC(CO)Cc1ccc(Cl)cc1F. The summed E-state index contributed by atoms with van der Waals surface area (Å²) in [5.74, 6) is -0.299. The van der Waals surface area contributed by atoms with Gasteiger partial charge in [-0.05, 0) is 54.5 Å². The lowest BCUT2D eigenvalue weighted by molar-refractivity contribution is 0.224. The Morgan fingerprint density at radius 1 is 1.10 bits per heavy atom. The molecule has 1 unspecified atom stereocenters. The summed E-state index contributed by atoms with van der Waals surface area (Å²) in [6.45, 7) is 2.09. The lowest BCUT2D eigenvalue weighted by Gasteiger charge is -2.16. The van der Waals surface area contributed by atoms with Crippen LogP contribution in [0.3, 0.4) is 0 Å². The Morgan fingerprint density at radius 2 is 1.80 bits per heavy atom.